The van der Waals surface area contributed by atoms with Crippen LogP contribution in [0.2, 0.25) is 0 Å². The van der Waals surface area contributed by atoms with Gasteiger partial charge < -0.3 is 19.9 Å². The van der Waals surface area contributed by atoms with E-state index < -0.39 is 0 Å². The maximum Gasteiger partial charge on any atom is 0.119 e. The molecule has 0 saturated carbocycles. The highest BCUT2D eigenvalue weighted by Crippen LogP contribution is 2.18. The number of nitrogens with one attached hydrogen (secondary N) is 1. The minimum atomic E-state index is 0.0752. The highest BCUT2D eigenvalue weighted by Gasteiger charge is 2.31. The largest absolute Gasteiger partial charge is 0.497 e. The summed E-state index contributed by atoms with van der Waals surface area (Å²) in [4.78, 5) is 2.29. The van der Waals surface area contributed by atoms with Gasteiger partial charge in [-0.3, -0.25) is 4.90 Å². The molecule has 1 unspecified atom stereocenters. The zero-order valence-corrected chi connectivity index (χ0v) is 13.1. The van der Waals surface area contributed by atoms with Crippen LogP contribution in [-0.4, -0.2) is 61.5 Å². The number of rotatable bonds is 6. The minimum absolute atomic E-state index is 0.0752. The first-order valence-corrected chi connectivity index (χ1v) is 7.41. The van der Waals surface area contributed by atoms with E-state index in [0.717, 1.165) is 31.1 Å². The van der Waals surface area contributed by atoms with Crippen LogP contribution in [0.4, 0.5) is 0 Å². The number of nitrogens with zero attached hydrogens (tertiary/aromatic N) is 1. The molecule has 1 atom stereocenters. The Morgan fingerprint density at radius 2 is 1.95 bits per heavy atom. The number of methoxy groups -OCH3 is 1. The average molecular weight is 294 g/mol. The smallest absolute Gasteiger partial charge is 0.119 e. The molecule has 1 fully saturated rings. The number of aliphatic hydroxyl groups is 1. The van der Waals surface area contributed by atoms with Crippen molar-refractivity contribution in [3.8, 4) is 11.5 Å². The predicted octanol–water partition coefficient (Wildman–Crippen LogP) is 1.12. The van der Waals surface area contributed by atoms with Crippen LogP contribution in [0, 0.1) is 0 Å². The molecule has 0 bridgehead atoms. The summed E-state index contributed by atoms with van der Waals surface area (Å²) in [6.45, 7) is 7.67. The van der Waals surface area contributed by atoms with E-state index in [1.165, 1.54) is 0 Å². The van der Waals surface area contributed by atoms with Crippen molar-refractivity contribution in [3.05, 3.63) is 24.3 Å². The lowest BCUT2D eigenvalue weighted by Gasteiger charge is -2.43. The average Bonchev–Trinajstić information content (AvgIpc) is 2.47. The fourth-order valence-electron chi connectivity index (χ4n) is 2.61. The van der Waals surface area contributed by atoms with Crippen molar-refractivity contribution in [3.63, 3.8) is 0 Å². The summed E-state index contributed by atoms with van der Waals surface area (Å²) in [6, 6.07) is 7.76. The molecule has 0 spiro atoms. The van der Waals surface area contributed by atoms with E-state index in [2.05, 4.69) is 24.1 Å². The molecule has 0 aliphatic carbocycles. The molecule has 5 heteroatoms. The summed E-state index contributed by atoms with van der Waals surface area (Å²) in [5, 5.41) is 12.9. The standard InChI is InChI=1S/C16H26N2O3/c1-16(2)12-18(13(11-19)10-17-16)8-9-21-15-6-4-14(20-3)5-7-15/h4-7,13,17,19H,8-12H2,1-3H3. The number of ether oxygens (including phenoxy) is 2. The Hall–Kier alpha value is -1.30. The van der Waals surface area contributed by atoms with Gasteiger partial charge in [-0.15, -0.1) is 0 Å². The monoisotopic (exact) mass is 294 g/mol. The van der Waals surface area contributed by atoms with Crippen molar-refractivity contribution in [1.29, 1.82) is 0 Å². The first-order chi connectivity index (χ1) is 10.0. The summed E-state index contributed by atoms with van der Waals surface area (Å²) in [5.41, 5.74) is 0.0752. The van der Waals surface area contributed by atoms with Gasteiger partial charge in [-0.05, 0) is 38.1 Å². The number of hydrogen-bond acceptors (Lipinski definition) is 5. The zero-order chi connectivity index (χ0) is 15.3. The Morgan fingerprint density at radius 1 is 1.29 bits per heavy atom. The van der Waals surface area contributed by atoms with Crippen LogP contribution in [0.5, 0.6) is 11.5 Å². The molecule has 1 heterocycles. The first-order valence-electron chi connectivity index (χ1n) is 7.41. The topological polar surface area (TPSA) is 54.0 Å². The maximum atomic E-state index is 9.47. The summed E-state index contributed by atoms with van der Waals surface area (Å²) >= 11 is 0. The van der Waals surface area contributed by atoms with Crippen LogP contribution in [-0.2, 0) is 0 Å². The number of aliphatic hydroxyl groups excluding tert-OH is 1. The quantitative estimate of drug-likeness (QED) is 0.823. The first kappa shape index (κ1) is 16.1. The summed E-state index contributed by atoms with van der Waals surface area (Å²) in [5.74, 6) is 1.66. The van der Waals surface area contributed by atoms with Crippen LogP contribution in [0.15, 0.2) is 24.3 Å². The molecule has 2 rings (SSSR count). The van der Waals surface area contributed by atoms with E-state index in [4.69, 9.17) is 9.47 Å². The summed E-state index contributed by atoms with van der Waals surface area (Å²) < 4.78 is 10.9. The van der Waals surface area contributed by atoms with E-state index in [1.54, 1.807) is 7.11 Å². The lowest BCUT2D eigenvalue weighted by Crippen LogP contribution is -2.63. The third kappa shape index (κ3) is 4.59. The van der Waals surface area contributed by atoms with Crippen LogP contribution in [0.3, 0.4) is 0 Å². The molecule has 1 saturated heterocycles. The number of hydrogen-bond donors (Lipinski definition) is 2. The molecule has 5 nitrogen and oxygen atoms in total. The van der Waals surface area contributed by atoms with E-state index in [1.807, 2.05) is 24.3 Å². The molecule has 0 amide bonds. The van der Waals surface area contributed by atoms with Crippen molar-refractivity contribution < 1.29 is 14.6 Å². The van der Waals surface area contributed by atoms with Gasteiger partial charge in [-0.25, -0.2) is 0 Å². The van der Waals surface area contributed by atoms with Crippen LogP contribution in [0.25, 0.3) is 0 Å². The van der Waals surface area contributed by atoms with Crippen molar-refractivity contribution >= 4 is 0 Å². The predicted molar refractivity (Wildman–Crippen MR) is 83.0 cm³/mol. The lowest BCUT2D eigenvalue weighted by molar-refractivity contribution is 0.0473. The number of benzene rings is 1. The Balaban J connectivity index is 1.82. The molecule has 1 aromatic carbocycles. The molecule has 1 aliphatic rings. The highest BCUT2D eigenvalue weighted by atomic mass is 16.5. The third-order valence-corrected chi connectivity index (χ3v) is 3.85. The molecule has 1 aromatic rings. The van der Waals surface area contributed by atoms with Gasteiger partial charge in [0.05, 0.1) is 13.7 Å². The Morgan fingerprint density at radius 3 is 2.57 bits per heavy atom. The Bertz CT molecular complexity index is 434. The van der Waals surface area contributed by atoms with Gasteiger partial charge in [0.25, 0.3) is 0 Å². The van der Waals surface area contributed by atoms with Crippen molar-refractivity contribution in [1.82, 2.24) is 10.2 Å². The second-order valence-electron chi connectivity index (χ2n) is 6.10. The van der Waals surface area contributed by atoms with E-state index >= 15 is 0 Å². The third-order valence-electron chi connectivity index (χ3n) is 3.85. The van der Waals surface area contributed by atoms with Crippen LogP contribution >= 0.6 is 0 Å². The second kappa shape index (κ2) is 7.11. The van der Waals surface area contributed by atoms with Gasteiger partial charge in [0.2, 0.25) is 0 Å². The van der Waals surface area contributed by atoms with Gasteiger partial charge in [0, 0.05) is 31.2 Å². The Labute approximate surface area is 126 Å². The summed E-state index contributed by atoms with van der Waals surface area (Å²) in [6.07, 6.45) is 0. The van der Waals surface area contributed by atoms with Crippen molar-refractivity contribution in [2.45, 2.75) is 25.4 Å². The maximum absolute atomic E-state index is 9.47. The van der Waals surface area contributed by atoms with E-state index in [0.29, 0.717) is 6.61 Å². The molecule has 1 aliphatic heterocycles. The fraction of sp³-hybridized carbons (Fsp3) is 0.625. The van der Waals surface area contributed by atoms with Crippen molar-refractivity contribution in [2.75, 3.05) is 40.0 Å². The molecule has 0 aromatic heterocycles. The normalized spacial score (nSPS) is 22.0. The number of piperazine rings is 1. The fourth-order valence-corrected chi connectivity index (χ4v) is 2.61. The lowest BCUT2D eigenvalue weighted by atomic mass is 9.99. The van der Waals surface area contributed by atoms with Gasteiger partial charge in [0.1, 0.15) is 18.1 Å². The van der Waals surface area contributed by atoms with Gasteiger partial charge in [-0.1, -0.05) is 0 Å². The second-order valence-corrected chi connectivity index (χ2v) is 6.10. The minimum Gasteiger partial charge on any atom is -0.497 e. The molecular formula is C16H26N2O3. The van der Waals surface area contributed by atoms with Crippen LogP contribution in [0.1, 0.15) is 13.8 Å². The van der Waals surface area contributed by atoms with Gasteiger partial charge in [-0.2, -0.15) is 0 Å². The molecular weight excluding hydrogens is 268 g/mol. The van der Waals surface area contributed by atoms with E-state index in [9.17, 15) is 5.11 Å². The molecule has 2 N–H and O–H groups in total. The molecule has 118 valence electrons. The zero-order valence-electron chi connectivity index (χ0n) is 13.1. The SMILES string of the molecule is COc1ccc(OCCN2CC(C)(C)NCC2CO)cc1. The van der Waals surface area contributed by atoms with Crippen molar-refractivity contribution in [2.24, 2.45) is 0 Å². The summed E-state index contributed by atoms with van der Waals surface area (Å²) in [7, 11) is 1.65. The van der Waals surface area contributed by atoms with Crippen LogP contribution < -0.4 is 14.8 Å². The Kier molecular flexibility index (Phi) is 5.45. The van der Waals surface area contributed by atoms with Gasteiger partial charge >= 0.3 is 0 Å². The van der Waals surface area contributed by atoms with E-state index in [-0.39, 0.29) is 18.2 Å². The molecule has 0 radical (unpaired) electrons. The highest BCUT2D eigenvalue weighted by molar-refractivity contribution is 5.31. The van der Waals surface area contributed by atoms with Gasteiger partial charge in [0.15, 0.2) is 0 Å². The molecule has 21 heavy (non-hydrogen) atoms.